The summed E-state index contributed by atoms with van der Waals surface area (Å²) in [5.41, 5.74) is 1.07. The van der Waals surface area contributed by atoms with E-state index in [1.807, 2.05) is 24.3 Å². The number of nitrogens with zero attached hydrogens (tertiary/aromatic N) is 1. The van der Waals surface area contributed by atoms with E-state index in [1.54, 1.807) is 19.2 Å². The van der Waals surface area contributed by atoms with Crippen LogP contribution in [0.3, 0.4) is 0 Å². The number of sulfonamides is 1. The quantitative estimate of drug-likeness (QED) is 0.725. The zero-order valence-corrected chi connectivity index (χ0v) is 18.0. The number of nitrogens with one attached hydrogen (secondary N) is 1. The van der Waals surface area contributed by atoms with Gasteiger partial charge >= 0.3 is 0 Å². The minimum Gasteiger partial charge on any atom is -0.497 e. The van der Waals surface area contributed by atoms with Crippen molar-refractivity contribution in [1.82, 2.24) is 9.62 Å². The Hall–Kier alpha value is -2.29. The number of rotatable bonds is 7. The molecule has 1 fully saturated rings. The van der Waals surface area contributed by atoms with Crippen LogP contribution >= 0.6 is 0 Å². The molecule has 2 aromatic carbocycles. The van der Waals surface area contributed by atoms with Gasteiger partial charge in [-0.2, -0.15) is 0 Å². The fraction of sp³-hybridized carbons (Fsp3) is 0.455. The SMILES string of the molecule is COc1ccc(C(CNS(=O)(=O)c2ccc3c(c2)OCCO3)N2CCCCC2)cc1. The molecule has 0 saturated carbocycles. The van der Waals surface area contributed by atoms with Crippen LogP contribution in [0, 0.1) is 0 Å². The second-order valence-electron chi connectivity index (χ2n) is 7.54. The van der Waals surface area contributed by atoms with Gasteiger partial charge in [0.2, 0.25) is 10.0 Å². The van der Waals surface area contributed by atoms with E-state index >= 15 is 0 Å². The molecule has 0 aliphatic carbocycles. The summed E-state index contributed by atoms with van der Waals surface area (Å²) in [7, 11) is -2.05. The normalized spacial score (nSPS) is 18.0. The average molecular weight is 433 g/mol. The molecule has 1 saturated heterocycles. The lowest BCUT2D eigenvalue weighted by Crippen LogP contribution is -2.40. The molecule has 0 amide bonds. The average Bonchev–Trinajstić information content (AvgIpc) is 2.80. The van der Waals surface area contributed by atoms with Gasteiger partial charge < -0.3 is 14.2 Å². The summed E-state index contributed by atoms with van der Waals surface area (Å²) >= 11 is 0. The molecule has 0 bridgehead atoms. The first-order chi connectivity index (χ1) is 14.6. The molecule has 2 aromatic rings. The van der Waals surface area contributed by atoms with Crippen LogP contribution in [0.2, 0.25) is 0 Å². The number of benzene rings is 2. The predicted octanol–water partition coefficient (Wildman–Crippen LogP) is 2.97. The third-order valence-electron chi connectivity index (χ3n) is 5.62. The first kappa shape index (κ1) is 21.0. The molecule has 162 valence electrons. The zero-order valence-electron chi connectivity index (χ0n) is 17.2. The van der Waals surface area contributed by atoms with Crippen molar-refractivity contribution in [2.45, 2.75) is 30.2 Å². The summed E-state index contributed by atoms with van der Waals surface area (Å²) in [6.07, 6.45) is 3.47. The van der Waals surface area contributed by atoms with Crippen molar-refractivity contribution in [3.63, 3.8) is 0 Å². The molecule has 0 aromatic heterocycles. The first-order valence-corrected chi connectivity index (χ1v) is 11.8. The second kappa shape index (κ2) is 9.24. The molecule has 0 radical (unpaired) electrons. The number of likely N-dealkylation sites (tertiary alicyclic amines) is 1. The van der Waals surface area contributed by atoms with E-state index in [0.29, 0.717) is 31.3 Å². The van der Waals surface area contributed by atoms with E-state index in [-0.39, 0.29) is 10.9 Å². The third-order valence-corrected chi connectivity index (χ3v) is 7.04. The van der Waals surface area contributed by atoms with Gasteiger partial charge in [-0.15, -0.1) is 0 Å². The molecule has 30 heavy (non-hydrogen) atoms. The number of piperidine rings is 1. The van der Waals surface area contributed by atoms with Crippen LogP contribution in [0.25, 0.3) is 0 Å². The van der Waals surface area contributed by atoms with Gasteiger partial charge in [0.25, 0.3) is 0 Å². The highest BCUT2D eigenvalue weighted by Gasteiger charge is 2.26. The lowest BCUT2D eigenvalue weighted by Gasteiger charge is -2.35. The molecule has 1 unspecified atom stereocenters. The van der Waals surface area contributed by atoms with Gasteiger partial charge in [0.1, 0.15) is 19.0 Å². The monoisotopic (exact) mass is 432 g/mol. The lowest BCUT2D eigenvalue weighted by atomic mass is 10.0. The maximum Gasteiger partial charge on any atom is 0.240 e. The van der Waals surface area contributed by atoms with Crippen LogP contribution in [0.4, 0.5) is 0 Å². The third kappa shape index (κ3) is 4.71. The highest BCUT2D eigenvalue weighted by molar-refractivity contribution is 7.89. The number of ether oxygens (including phenoxy) is 3. The van der Waals surface area contributed by atoms with Crippen molar-refractivity contribution in [2.24, 2.45) is 0 Å². The predicted molar refractivity (Wildman–Crippen MR) is 114 cm³/mol. The minimum atomic E-state index is -3.69. The summed E-state index contributed by atoms with van der Waals surface area (Å²) < 4.78 is 45.1. The smallest absolute Gasteiger partial charge is 0.240 e. The molecule has 2 aliphatic heterocycles. The van der Waals surface area contributed by atoms with Crippen LogP contribution in [0.15, 0.2) is 47.4 Å². The van der Waals surface area contributed by atoms with E-state index in [2.05, 4.69) is 9.62 Å². The second-order valence-corrected chi connectivity index (χ2v) is 9.31. The van der Waals surface area contributed by atoms with Gasteiger partial charge in [-0.1, -0.05) is 18.6 Å². The molecular formula is C22H28N2O5S. The van der Waals surface area contributed by atoms with E-state index in [9.17, 15) is 8.42 Å². The Labute approximate surface area is 178 Å². The van der Waals surface area contributed by atoms with Gasteiger partial charge in [-0.05, 0) is 55.8 Å². The summed E-state index contributed by atoms with van der Waals surface area (Å²) in [4.78, 5) is 2.54. The summed E-state index contributed by atoms with van der Waals surface area (Å²) in [5, 5.41) is 0. The van der Waals surface area contributed by atoms with Gasteiger partial charge in [-0.3, -0.25) is 4.90 Å². The summed E-state index contributed by atoms with van der Waals surface area (Å²) in [5.74, 6) is 1.82. The number of hydrogen-bond acceptors (Lipinski definition) is 6. The van der Waals surface area contributed by atoms with Gasteiger partial charge in [0.05, 0.1) is 12.0 Å². The number of methoxy groups -OCH3 is 1. The molecular weight excluding hydrogens is 404 g/mol. The van der Waals surface area contributed by atoms with Crippen LogP contribution in [0.5, 0.6) is 17.2 Å². The molecule has 7 nitrogen and oxygen atoms in total. The van der Waals surface area contributed by atoms with E-state index in [0.717, 1.165) is 37.2 Å². The van der Waals surface area contributed by atoms with Crippen molar-refractivity contribution in [3.05, 3.63) is 48.0 Å². The fourth-order valence-electron chi connectivity index (χ4n) is 3.98. The molecule has 8 heteroatoms. The van der Waals surface area contributed by atoms with Gasteiger partial charge in [0.15, 0.2) is 11.5 Å². The van der Waals surface area contributed by atoms with Crippen LogP contribution in [-0.4, -0.2) is 53.3 Å². The molecule has 1 N–H and O–H groups in total. The molecule has 1 atom stereocenters. The highest BCUT2D eigenvalue weighted by atomic mass is 32.2. The maximum atomic E-state index is 13.0. The van der Waals surface area contributed by atoms with Gasteiger partial charge in [0, 0.05) is 18.7 Å². The van der Waals surface area contributed by atoms with Crippen molar-refractivity contribution in [3.8, 4) is 17.2 Å². The van der Waals surface area contributed by atoms with E-state index < -0.39 is 10.0 Å². The number of fused-ring (bicyclic) bond motifs is 1. The van der Waals surface area contributed by atoms with Crippen molar-refractivity contribution < 1.29 is 22.6 Å². The Kier molecular flexibility index (Phi) is 6.46. The fourth-order valence-corrected chi connectivity index (χ4v) is 5.03. The molecule has 2 aliphatic rings. The van der Waals surface area contributed by atoms with Crippen molar-refractivity contribution >= 4 is 10.0 Å². The topological polar surface area (TPSA) is 77.1 Å². The number of hydrogen-bond donors (Lipinski definition) is 1. The van der Waals surface area contributed by atoms with Crippen molar-refractivity contribution in [1.29, 1.82) is 0 Å². The molecule has 0 spiro atoms. The largest absolute Gasteiger partial charge is 0.497 e. The van der Waals surface area contributed by atoms with Gasteiger partial charge in [-0.25, -0.2) is 13.1 Å². The Morgan fingerprint density at radius 1 is 1.00 bits per heavy atom. The van der Waals surface area contributed by atoms with Crippen LogP contribution in [-0.2, 0) is 10.0 Å². The zero-order chi connectivity index (χ0) is 21.0. The molecule has 2 heterocycles. The minimum absolute atomic E-state index is 0.0387. The summed E-state index contributed by atoms with van der Waals surface area (Å²) in [6.45, 7) is 3.10. The Morgan fingerprint density at radius 3 is 2.40 bits per heavy atom. The first-order valence-electron chi connectivity index (χ1n) is 10.3. The Morgan fingerprint density at radius 2 is 1.70 bits per heavy atom. The standard InChI is InChI=1S/C22H28N2O5S/c1-27-18-7-5-17(6-8-18)20(24-11-3-2-4-12-24)16-23-30(25,26)19-9-10-21-22(15-19)29-14-13-28-21/h5-10,15,20,23H,2-4,11-14,16H2,1H3. The molecule has 4 rings (SSSR count). The van der Waals surface area contributed by atoms with Crippen LogP contribution in [0.1, 0.15) is 30.9 Å². The summed E-state index contributed by atoms with van der Waals surface area (Å²) in [6, 6.07) is 12.5. The van der Waals surface area contributed by atoms with E-state index in [1.165, 1.54) is 12.5 Å². The lowest BCUT2D eigenvalue weighted by molar-refractivity contribution is 0.164. The highest BCUT2D eigenvalue weighted by Crippen LogP contribution is 2.32. The maximum absolute atomic E-state index is 13.0. The van der Waals surface area contributed by atoms with Crippen molar-refractivity contribution in [2.75, 3.05) is 40.0 Å². The Bertz CT molecular complexity index is 956. The Balaban J connectivity index is 1.53. The van der Waals surface area contributed by atoms with Crippen LogP contribution < -0.4 is 18.9 Å². The van der Waals surface area contributed by atoms with E-state index in [4.69, 9.17) is 14.2 Å².